The molecule has 0 radical (unpaired) electrons. The molecule has 0 bridgehead atoms. The van der Waals surface area contributed by atoms with Crippen LogP contribution < -0.4 is 14.4 Å². The molecular weight excluding hydrogens is 488 g/mol. The largest absolute Gasteiger partial charge is 0.507 e. The summed E-state index contributed by atoms with van der Waals surface area (Å²) >= 11 is 1.29. The standard InChI is InChI=1S/C29H26N2O5S/c1-5-36-20-12-13-22-23(15-20)37-29(30-22)31-25(18-8-10-19(35-4)11-9-18)24(27(33)28(31)34)26(32)21-14-16(2)6-7-17(21)3/h6-15,25,32H,5H2,1-4H3/b26-24+. The van der Waals surface area contributed by atoms with Gasteiger partial charge in [0, 0.05) is 5.56 Å². The van der Waals surface area contributed by atoms with Gasteiger partial charge in [0.15, 0.2) is 5.13 Å². The quantitative estimate of drug-likeness (QED) is 0.194. The van der Waals surface area contributed by atoms with Gasteiger partial charge in [0.05, 0.1) is 35.5 Å². The normalized spacial score (nSPS) is 17.0. The fourth-order valence-electron chi connectivity index (χ4n) is 4.52. The van der Waals surface area contributed by atoms with Gasteiger partial charge in [0.25, 0.3) is 5.78 Å². The number of fused-ring (bicyclic) bond motifs is 1. The molecule has 1 unspecified atom stereocenters. The Labute approximate surface area is 218 Å². The summed E-state index contributed by atoms with van der Waals surface area (Å²) in [5, 5.41) is 11.8. The Morgan fingerprint density at radius 3 is 2.46 bits per heavy atom. The Bertz CT molecular complexity index is 1550. The first-order chi connectivity index (χ1) is 17.8. The van der Waals surface area contributed by atoms with Crippen LogP contribution in [-0.2, 0) is 9.59 Å². The molecule has 37 heavy (non-hydrogen) atoms. The molecule has 0 saturated carbocycles. The van der Waals surface area contributed by atoms with Crippen molar-refractivity contribution in [2.75, 3.05) is 18.6 Å². The maximum atomic E-state index is 13.5. The van der Waals surface area contributed by atoms with Gasteiger partial charge in [-0.25, -0.2) is 4.98 Å². The van der Waals surface area contributed by atoms with Gasteiger partial charge in [0.1, 0.15) is 17.3 Å². The summed E-state index contributed by atoms with van der Waals surface area (Å²) in [6.45, 7) is 6.21. The van der Waals surface area contributed by atoms with Crippen molar-refractivity contribution >= 4 is 44.1 Å². The monoisotopic (exact) mass is 514 g/mol. The number of aliphatic hydroxyl groups is 1. The van der Waals surface area contributed by atoms with Crippen molar-refractivity contribution in [2.45, 2.75) is 26.8 Å². The maximum Gasteiger partial charge on any atom is 0.301 e. The molecule has 1 saturated heterocycles. The number of carbonyl (C=O) groups is 2. The van der Waals surface area contributed by atoms with Crippen LogP contribution in [0.25, 0.3) is 16.0 Å². The first-order valence-corrected chi connectivity index (χ1v) is 12.7. The van der Waals surface area contributed by atoms with Gasteiger partial charge >= 0.3 is 5.91 Å². The van der Waals surface area contributed by atoms with Crippen molar-refractivity contribution in [1.29, 1.82) is 0 Å². The number of anilines is 1. The molecule has 1 fully saturated rings. The molecule has 0 aliphatic carbocycles. The highest BCUT2D eigenvalue weighted by molar-refractivity contribution is 7.22. The Morgan fingerprint density at radius 1 is 1.03 bits per heavy atom. The van der Waals surface area contributed by atoms with Gasteiger partial charge in [-0.1, -0.05) is 41.2 Å². The first kappa shape index (κ1) is 24.5. The summed E-state index contributed by atoms with van der Waals surface area (Å²) < 4.78 is 11.7. The molecular formula is C29H26N2O5S. The number of thiazole rings is 1. The number of Topliss-reactive ketones (excluding diaryl/α,β-unsaturated/α-hetero) is 1. The van der Waals surface area contributed by atoms with Crippen LogP contribution in [0.5, 0.6) is 11.5 Å². The molecule has 1 aliphatic rings. The van der Waals surface area contributed by atoms with Crippen LogP contribution in [0.15, 0.2) is 66.2 Å². The van der Waals surface area contributed by atoms with Crippen LogP contribution in [0.4, 0.5) is 5.13 Å². The van der Waals surface area contributed by atoms with E-state index in [4.69, 9.17) is 9.47 Å². The Kier molecular flexibility index (Phi) is 6.43. The second kappa shape index (κ2) is 9.71. The molecule has 5 rings (SSSR count). The number of ether oxygens (including phenoxy) is 2. The van der Waals surface area contributed by atoms with Gasteiger partial charge < -0.3 is 14.6 Å². The Hall–Kier alpha value is -4.17. The van der Waals surface area contributed by atoms with E-state index in [0.29, 0.717) is 39.9 Å². The molecule has 8 heteroatoms. The van der Waals surface area contributed by atoms with Crippen LogP contribution in [0.3, 0.4) is 0 Å². The molecule has 1 aromatic heterocycles. The van der Waals surface area contributed by atoms with Gasteiger partial charge in [-0.2, -0.15) is 0 Å². The number of hydrogen-bond donors (Lipinski definition) is 1. The molecule has 2 heterocycles. The first-order valence-electron chi connectivity index (χ1n) is 11.9. The maximum absolute atomic E-state index is 13.5. The number of aromatic nitrogens is 1. The lowest BCUT2D eigenvalue weighted by Crippen LogP contribution is -2.29. The highest BCUT2D eigenvalue weighted by atomic mass is 32.1. The van der Waals surface area contributed by atoms with Crippen molar-refractivity contribution in [2.24, 2.45) is 0 Å². The molecule has 1 amide bonds. The van der Waals surface area contributed by atoms with Crippen molar-refractivity contribution in [3.05, 3.63) is 88.5 Å². The van der Waals surface area contributed by atoms with E-state index in [2.05, 4.69) is 4.98 Å². The van der Waals surface area contributed by atoms with E-state index in [1.54, 1.807) is 31.4 Å². The lowest BCUT2D eigenvalue weighted by molar-refractivity contribution is -0.132. The molecule has 188 valence electrons. The Balaban J connectivity index is 1.71. The SMILES string of the molecule is CCOc1ccc2nc(N3C(=O)C(=O)/C(=C(/O)c4cc(C)ccc4C)C3c3ccc(OC)cc3)sc2c1. The lowest BCUT2D eigenvalue weighted by atomic mass is 9.93. The molecule has 1 aliphatic heterocycles. The number of benzene rings is 3. The number of aliphatic hydroxyl groups excluding tert-OH is 1. The van der Waals surface area contributed by atoms with E-state index >= 15 is 0 Å². The third kappa shape index (κ3) is 4.34. The zero-order valence-corrected chi connectivity index (χ0v) is 21.8. The number of hydrogen-bond acceptors (Lipinski definition) is 7. The fraction of sp³-hybridized carbons (Fsp3) is 0.207. The summed E-state index contributed by atoms with van der Waals surface area (Å²) in [4.78, 5) is 33.0. The third-order valence-electron chi connectivity index (χ3n) is 6.39. The molecule has 3 aromatic carbocycles. The van der Waals surface area contributed by atoms with E-state index < -0.39 is 17.7 Å². The number of nitrogens with zero attached hydrogens (tertiary/aromatic N) is 2. The molecule has 1 N–H and O–H groups in total. The van der Waals surface area contributed by atoms with E-state index in [1.807, 2.05) is 57.2 Å². The minimum Gasteiger partial charge on any atom is -0.507 e. The number of carbonyl (C=O) groups excluding carboxylic acids is 2. The number of rotatable bonds is 6. The summed E-state index contributed by atoms with van der Waals surface area (Å²) in [5.74, 6) is -0.361. The number of amides is 1. The number of ketones is 1. The van der Waals surface area contributed by atoms with E-state index in [1.165, 1.54) is 16.2 Å². The molecule has 0 spiro atoms. The molecule has 7 nitrogen and oxygen atoms in total. The van der Waals surface area contributed by atoms with E-state index in [-0.39, 0.29) is 11.3 Å². The fourth-order valence-corrected chi connectivity index (χ4v) is 5.54. The molecule has 1 atom stereocenters. The topological polar surface area (TPSA) is 89.0 Å². The van der Waals surface area contributed by atoms with Crippen molar-refractivity contribution in [1.82, 2.24) is 4.98 Å². The van der Waals surface area contributed by atoms with Gasteiger partial charge in [0.2, 0.25) is 0 Å². The third-order valence-corrected chi connectivity index (χ3v) is 7.41. The van der Waals surface area contributed by atoms with E-state index in [0.717, 1.165) is 15.8 Å². The van der Waals surface area contributed by atoms with Crippen LogP contribution in [0, 0.1) is 13.8 Å². The minimum absolute atomic E-state index is 0.0260. The van der Waals surface area contributed by atoms with Crippen molar-refractivity contribution < 1.29 is 24.2 Å². The lowest BCUT2D eigenvalue weighted by Gasteiger charge is -2.23. The van der Waals surface area contributed by atoms with Gasteiger partial charge in [-0.15, -0.1) is 0 Å². The average molecular weight is 515 g/mol. The van der Waals surface area contributed by atoms with Gasteiger partial charge in [-0.3, -0.25) is 14.5 Å². The predicted octanol–water partition coefficient (Wildman–Crippen LogP) is 5.95. The van der Waals surface area contributed by atoms with Crippen LogP contribution in [-0.4, -0.2) is 35.5 Å². The second-order valence-corrected chi connectivity index (χ2v) is 9.83. The van der Waals surface area contributed by atoms with Crippen molar-refractivity contribution in [3.8, 4) is 11.5 Å². The Morgan fingerprint density at radius 2 is 1.76 bits per heavy atom. The van der Waals surface area contributed by atoms with E-state index in [9.17, 15) is 14.7 Å². The zero-order valence-electron chi connectivity index (χ0n) is 20.9. The predicted molar refractivity (Wildman–Crippen MR) is 144 cm³/mol. The molecule has 4 aromatic rings. The zero-order chi connectivity index (χ0) is 26.3. The average Bonchev–Trinajstić information content (AvgIpc) is 3.43. The highest BCUT2D eigenvalue weighted by Crippen LogP contribution is 2.45. The van der Waals surface area contributed by atoms with Gasteiger partial charge in [-0.05, 0) is 68.3 Å². The minimum atomic E-state index is -0.863. The summed E-state index contributed by atoms with van der Waals surface area (Å²) in [7, 11) is 1.57. The second-order valence-electron chi connectivity index (χ2n) is 8.82. The summed E-state index contributed by atoms with van der Waals surface area (Å²) in [5.41, 5.74) is 3.61. The summed E-state index contributed by atoms with van der Waals surface area (Å²) in [6, 6.07) is 17.4. The van der Waals surface area contributed by atoms with Crippen molar-refractivity contribution in [3.63, 3.8) is 0 Å². The van der Waals surface area contributed by atoms with Crippen LogP contribution in [0.2, 0.25) is 0 Å². The van der Waals surface area contributed by atoms with Crippen LogP contribution in [0.1, 0.15) is 35.2 Å². The number of aryl methyl sites for hydroxylation is 2. The van der Waals surface area contributed by atoms with Crippen LogP contribution >= 0.6 is 11.3 Å². The summed E-state index contributed by atoms with van der Waals surface area (Å²) in [6.07, 6.45) is 0. The highest BCUT2D eigenvalue weighted by Gasteiger charge is 2.48. The number of methoxy groups -OCH3 is 1. The smallest absolute Gasteiger partial charge is 0.301 e.